The van der Waals surface area contributed by atoms with Crippen LogP contribution in [-0.2, 0) is 6.54 Å². The van der Waals surface area contributed by atoms with Crippen molar-refractivity contribution in [3.63, 3.8) is 0 Å². The Morgan fingerprint density at radius 2 is 2.05 bits per heavy atom. The average molecular weight is 266 g/mol. The fourth-order valence-electron chi connectivity index (χ4n) is 1.80. The lowest BCUT2D eigenvalue weighted by Gasteiger charge is -2.20. The zero-order valence-electron chi connectivity index (χ0n) is 12.0. The fraction of sp³-hybridized carbons (Fsp3) is 0.571. The number of hydrogen-bond acceptors (Lipinski definition) is 4. The van der Waals surface area contributed by atoms with E-state index in [1.807, 2.05) is 6.07 Å². The molecule has 5 heteroatoms. The van der Waals surface area contributed by atoms with Crippen LogP contribution in [0, 0.1) is 16.0 Å². The van der Waals surface area contributed by atoms with Gasteiger partial charge in [-0.2, -0.15) is 0 Å². The van der Waals surface area contributed by atoms with Gasteiger partial charge in [-0.1, -0.05) is 20.3 Å². The molecule has 0 amide bonds. The van der Waals surface area contributed by atoms with Crippen molar-refractivity contribution in [1.29, 1.82) is 0 Å². The Morgan fingerprint density at radius 1 is 1.37 bits per heavy atom. The standard InChI is InChI=1S/C14H22N2O3/c1-5-10(2)11(3)15-9-12-6-13(16(17)18)8-14(7-12)19-4/h6-8,10-11,15H,5,9H2,1-4H3. The molecule has 106 valence electrons. The molecule has 1 aromatic rings. The molecule has 0 saturated heterocycles. The summed E-state index contributed by atoms with van der Waals surface area (Å²) in [5, 5.41) is 14.2. The van der Waals surface area contributed by atoms with Crippen LogP contribution in [0.5, 0.6) is 5.75 Å². The number of methoxy groups -OCH3 is 1. The summed E-state index contributed by atoms with van der Waals surface area (Å²) < 4.78 is 5.09. The van der Waals surface area contributed by atoms with Gasteiger partial charge in [0.05, 0.1) is 18.1 Å². The maximum absolute atomic E-state index is 10.8. The largest absolute Gasteiger partial charge is 0.496 e. The van der Waals surface area contributed by atoms with Crippen LogP contribution in [0.15, 0.2) is 18.2 Å². The van der Waals surface area contributed by atoms with Crippen LogP contribution in [-0.4, -0.2) is 18.1 Å². The molecule has 0 aliphatic carbocycles. The molecule has 19 heavy (non-hydrogen) atoms. The van der Waals surface area contributed by atoms with Crippen LogP contribution < -0.4 is 10.1 Å². The van der Waals surface area contributed by atoms with Gasteiger partial charge in [0.15, 0.2) is 0 Å². The summed E-state index contributed by atoms with van der Waals surface area (Å²) in [5.74, 6) is 1.09. The summed E-state index contributed by atoms with van der Waals surface area (Å²) in [6.45, 7) is 7.07. The van der Waals surface area contributed by atoms with Gasteiger partial charge in [-0.3, -0.25) is 10.1 Å². The lowest BCUT2D eigenvalue weighted by atomic mass is 10.0. The molecule has 2 unspecified atom stereocenters. The number of nitrogens with zero attached hydrogens (tertiary/aromatic N) is 1. The smallest absolute Gasteiger partial charge is 0.273 e. The van der Waals surface area contributed by atoms with Crippen molar-refractivity contribution in [1.82, 2.24) is 5.32 Å². The normalized spacial score (nSPS) is 13.9. The van der Waals surface area contributed by atoms with Crippen molar-refractivity contribution in [2.24, 2.45) is 5.92 Å². The molecule has 0 aliphatic heterocycles. The summed E-state index contributed by atoms with van der Waals surface area (Å²) in [5.41, 5.74) is 0.925. The molecular formula is C14H22N2O3. The van der Waals surface area contributed by atoms with Crippen molar-refractivity contribution in [3.05, 3.63) is 33.9 Å². The van der Waals surface area contributed by atoms with Crippen molar-refractivity contribution in [2.45, 2.75) is 39.8 Å². The second-order valence-electron chi connectivity index (χ2n) is 4.85. The molecule has 1 aromatic carbocycles. The Bertz CT molecular complexity index is 435. The second-order valence-corrected chi connectivity index (χ2v) is 4.85. The van der Waals surface area contributed by atoms with Gasteiger partial charge in [0.25, 0.3) is 5.69 Å². The minimum Gasteiger partial charge on any atom is -0.496 e. The highest BCUT2D eigenvalue weighted by Crippen LogP contribution is 2.22. The third kappa shape index (κ3) is 4.52. The first kappa shape index (κ1) is 15.4. The number of nitrogens with one attached hydrogen (secondary N) is 1. The van der Waals surface area contributed by atoms with E-state index >= 15 is 0 Å². The molecule has 1 rings (SSSR count). The predicted octanol–water partition coefficient (Wildman–Crippen LogP) is 3.13. The van der Waals surface area contributed by atoms with Gasteiger partial charge in [0, 0.05) is 18.7 Å². The number of rotatable bonds is 7. The maximum Gasteiger partial charge on any atom is 0.273 e. The Balaban J connectivity index is 2.77. The van der Waals surface area contributed by atoms with Crippen LogP contribution in [0.1, 0.15) is 32.8 Å². The minimum absolute atomic E-state index is 0.0624. The summed E-state index contributed by atoms with van der Waals surface area (Å²) in [4.78, 5) is 10.4. The molecule has 5 nitrogen and oxygen atoms in total. The van der Waals surface area contributed by atoms with Crippen LogP contribution in [0.3, 0.4) is 0 Å². The minimum atomic E-state index is -0.399. The van der Waals surface area contributed by atoms with E-state index in [9.17, 15) is 10.1 Å². The van der Waals surface area contributed by atoms with E-state index < -0.39 is 4.92 Å². The van der Waals surface area contributed by atoms with E-state index in [0.29, 0.717) is 24.3 Å². The number of benzene rings is 1. The Labute approximate surface area is 114 Å². The van der Waals surface area contributed by atoms with Gasteiger partial charge in [-0.25, -0.2) is 0 Å². The molecule has 0 fully saturated rings. The molecule has 2 atom stereocenters. The van der Waals surface area contributed by atoms with E-state index in [2.05, 4.69) is 26.1 Å². The number of nitro groups is 1. The summed E-state index contributed by atoms with van der Waals surface area (Å²) in [6.07, 6.45) is 1.10. The molecule has 1 N–H and O–H groups in total. The topological polar surface area (TPSA) is 64.4 Å². The quantitative estimate of drug-likeness (QED) is 0.608. The van der Waals surface area contributed by atoms with Crippen molar-refractivity contribution in [2.75, 3.05) is 7.11 Å². The number of nitro benzene ring substituents is 1. The van der Waals surface area contributed by atoms with Gasteiger partial charge < -0.3 is 10.1 Å². The summed E-state index contributed by atoms with van der Waals surface area (Å²) in [7, 11) is 1.51. The first-order chi connectivity index (χ1) is 8.97. The fourth-order valence-corrected chi connectivity index (χ4v) is 1.80. The molecule has 0 saturated carbocycles. The van der Waals surface area contributed by atoms with Crippen LogP contribution in [0.25, 0.3) is 0 Å². The predicted molar refractivity (Wildman–Crippen MR) is 75.4 cm³/mol. The molecule has 0 spiro atoms. The van der Waals surface area contributed by atoms with Crippen molar-refractivity contribution >= 4 is 5.69 Å². The Hall–Kier alpha value is -1.62. The van der Waals surface area contributed by atoms with Gasteiger partial charge in [0.1, 0.15) is 5.75 Å². The van der Waals surface area contributed by atoms with Crippen molar-refractivity contribution < 1.29 is 9.66 Å². The van der Waals surface area contributed by atoms with Crippen LogP contribution in [0.2, 0.25) is 0 Å². The highest BCUT2D eigenvalue weighted by Gasteiger charge is 2.12. The molecule has 0 bridgehead atoms. The summed E-state index contributed by atoms with van der Waals surface area (Å²) in [6, 6.07) is 5.21. The van der Waals surface area contributed by atoms with Gasteiger partial charge in [-0.05, 0) is 24.5 Å². The van der Waals surface area contributed by atoms with Gasteiger partial charge >= 0.3 is 0 Å². The first-order valence-electron chi connectivity index (χ1n) is 6.53. The van der Waals surface area contributed by atoms with Crippen LogP contribution >= 0.6 is 0 Å². The third-order valence-corrected chi connectivity index (χ3v) is 3.52. The zero-order chi connectivity index (χ0) is 14.4. The molecule has 0 heterocycles. The van der Waals surface area contributed by atoms with E-state index in [0.717, 1.165) is 12.0 Å². The number of hydrogen-bond donors (Lipinski definition) is 1. The first-order valence-corrected chi connectivity index (χ1v) is 6.53. The van der Waals surface area contributed by atoms with Crippen molar-refractivity contribution in [3.8, 4) is 5.75 Å². The highest BCUT2D eigenvalue weighted by atomic mass is 16.6. The molecular weight excluding hydrogens is 244 g/mol. The monoisotopic (exact) mass is 266 g/mol. The van der Waals surface area contributed by atoms with E-state index in [1.54, 1.807) is 6.07 Å². The lowest BCUT2D eigenvalue weighted by molar-refractivity contribution is -0.385. The second kappa shape index (κ2) is 7.09. The van der Waals surface area contributed by atoms with E-state index in [-0.39, 0.29) is 5.69 Å². The lowest BCUT2D eigenvalue weighted by Crippen LogP contribution is -2.31. The van der Waals surface area contributed by atoms with Gasteiger partial charge in [-0.15, -0.1) is 0 Å². The molecule has 0 radical (unpaired) electrons. The van der Waals surface area contributed by atoms with Gasteiger partial charge in [0.2, 0.25) is 0 Å². The number of ether oxygens (including phenoxy) is 1. The third-order valence-electron chi connectivity index (χ3n) is 3.52. The maximum atomic E-state index is 10.8. The summed E-state index contributed by atoms with van der Waals surface area (Å²) >= 11 is 0. The Morgan fingerprint density at radius 3 is 2.58 bits per heavy atom. The average Bonchev–Trinajstić information content (AvgIpc) is 2.43. The van der Waals surface area contributed by atoms with E-state index in [1.165, 1.54) is 13.2 Å². The van der Waals surface area contributed by atoms with E-state index in [4.69, 9.17) is 4.74 Å². The SMILES string of the molecule is CCC(C)C(C)NCc1cc(OC)cc([N+](=O)[O-])c1. The number of non-ortho nitro benzene ring substituents is 1. The molecule has 0 aromatic heterocycles. The zero-order valence-corrected chi connectivity index (χ0v) is 12.0. The highest BCUT2D eigenvalue weighted by molar-refractivity contribution is 5.42. The molecule has 0 aliphatic rings. The van der Waals surface area contributed by atoms with Crippen LogP contribution in [0.4, 0.5) is 5.69 Å². The Kier molecular flexibility index (Phi) is 5.76.